The van der Waals surface area contributed by atoms with Crippen LogP contribution in [0.5, 0.6) is 0 Å². The van der Waals surface area contributed by atoms with Gasteiger partial charge < -0.3 is 15.3 Å². The summed E-state index contributed by atoms with van der Waals surface area (Å²) in [6, 6.07) is 5.85. The van der Waals surface area contributed by atoms with Crippen LogP contribution in [0.4, 0.5) is 9.18 Å². The number of carbonyl (C=O) groups is 2. The fourth-order valence-corrected chi connectivity index (χ4v) is 2.60. The van der Waals surface area contributed by atoms with Crippen LogP contribution in [0.15, 0.2) is 24.3 Å². The second kappa shape index (κ2) is 7.06. The number of likely N-dealkylation sites (tertiary alicyclic amines) is 1. The van der Waals surface area contributed by atoms with Crippen molar-refractivity contribution in [3.63, 3.8) is 0 Å². The molecule has 0 saturated carbocycles. The standard InChI is InChI=1S/C15H19FN2O3/c16-13-5-1-3-11(7-13)9-17-15(21)18-6-2-4-12(10-18)8-14(19)20/h1,3,5,7,12H,2,4,6,8-10H2,(H,17,21)(H,19,20). The number of halogens is 1. The van der Waals surface area contributed by atoms with Crippen molar-refractivity contribution in [3.05, 3.63) is 35.6 Å². The predicted molar refractivity (Wildman–Crippen MR) is 75.2 cm³/mol. The summed E-state index contributed by atoms with van der Waals surface area (Å²) in [7, 11) is 0. The van der Waals surface area contributed by atoms with Crippen molar-refractivity contribution in [2.24, 2.45) is 5.92 Å². The van der Waals surface area contributed by atoms with E-state index in [1.807, 2.05) is 0 Å². The minimum Gasteiger partial charge on any atom is -0.481 e. The molecule has 2 rings (SSSR count). The number of hydrogen-bond donors (Lipinski definition) is 2. The van der Waals surface area contributed by atoms with E-state index in [0.29, 0.717) is 18.7 Å². The average molecular weight is 294 g/mol. The highest BCUT2D eigenvalue weighted by Crippen LogP contribution is 2.19. The highest BCUT2D eigenvalue weighted by molar-refractivity contribution is 5.74. The summed E-state index contributed by atoms with van der Waals surface area (Å²) in [5.74, 6) is -1.15. The number of nitrogens with one attached hydrogen (secondary N) is 1. The number of amides is 2. The smallest absolute Gasteiger partial charge is 0.317 e. The van der Waals surface area contributed by atoms with Crippen LogP contribution >= 0.6 is 0 Å². The minimum atomic E-state index is -0.831. The number of benzene rings is 1. The number of carboxylic acids is 1. The summed E-state index contributed by atoms with van der Waals surface area (Å²) in [5, 5.41) is 11.6. The third-order valence-corrected chi connectivity index (χ3v) is 3.60. The molecule has 1 aliphatic heterocycles. The Labute approximate surface area is 122 Å². The summed E-state index contributed by atoms with van der Waals surface area (Å²) in [5.41, 5.74) is 0.697. The van der Waals surface area contributed by atoms with Gasteiger partial charge in [0, 0.05) is 26.1 Å². The van der Waals surface area contributed by atoms with Crippen molar-refractivity contribution in [2.45, 2.75) is 25.8 Å². The van der Waals surface area contributed by atoms with E-state index in [0.717, 1.165) is 12.8 Å². The lowest BCUT2D eigenvalue weighted by Crippen LogP contribution is -2.45. The van der Waals surface area contributed by atoms with E-state index in [2.05, 4.69) is 5.32 Å². The first-order valence-corrected chi connectivity index (χ1v) is 7.03. The van der Waals surface area contributed by atoms with Gasteiger partial charge in [-0.15, -0.1) is 0 Å². The van der Waals surface area contributed by atoms with E-state index < -0.39 is 5.97 Å². The largest absolute Gasteiger partial charge is 0.481 e. The van der Waals surface area contributed by atoms with Gasteiger partial charge in [0.25, 0.3) is 0 Å². The van der Waals surface area contributed by atoms with E-state index >= 15 is 0 Å². The lowest BCUT2D eigenvalue weighted by atomic mass is 9.95. The Hall–Kier alpha value is -2.11. The number of carbonyl (C=O) groups excluding carboxylic acids is 1. The number of rotatable bonds is 4. The van der Waals surface area contributed by atoms with Gasteiger partial charge in [0.2, 0.25) is 0 Å². The number of nitrogens with zero attached hydrogens (tertiary/aromatic N) is 1. The normalized spacial score (nSPS) is 18.3. The molecule has 6 heteroatoms. The number of urea groups is 1. The molecule has 1 fully saturated rings. The van der Waals surface area contributed by atoms with Gasteiger partial charge in [0.1, 0.15) is 5.82 Å². The third-order valence-electron chi connectivity index (χ3n) is 3.60. The van der Waals surface area contributed by atoms with Gasteiger partial charge in [-0.25, -0.2) is 9.18 Å². The van der Waals surface area contributed by atoms with Crippen LogP contribution in [0.3, 0.4) is 0 Å². The fourth-order valence-electron chi connectivity index (χ4n) is 2.60. The summed E-state index contributed by atoms with van der Waals surface area (Å²) < 4.78 is 13.0. The molecule has 1 heterocycles. The SMILES string of the molecule is O=C(O)CC1CCCN(C(=O)NCc2cccc(F)c2)C1. The van der Waals surface area contributed by atoms with Crippen LogP contribution in [0, 0.1) is 11.7 Å². The van der Waals surface area contributed by atoms with Gasteiger partial charge in [-0.1, -0.05) is 12.1 Å². The molecule has 2 N–H and O–H groups in total. The van der Waals surface area contributed by atoms with Crippen molar-refractivity contribution in [2.75, 3.05) is 13.1 Å². The molecule has 0 spiro atoms. The third kappa shape index (κ3) is 4.73. The molecular formula is C15H19FN2O3. The average Bonchev–Trinajstić information content (AvgIpc) is 2.44. The monoisotopic (exact) mass is 294 g/mol. The second-order valence-electron chi connectivity index (χ2n) is 5.34. The fraction of sp³-hybridized carbons (Fsp3) is 0.467. The lowest BCUT2D eigenvalue weighted by Gasteiger charge is -2.32. The van der Waals surface area contributed by atoms with Crippen LogP contribution in [0.25, 0.3) is 0 Å². The van der Waals surface area contributed by atoms with E-state index in [-0.39, 0.29) is 30.7 Å². The Balaban J connectivity index is 1.83. The van der Waals surface area contributed by atoms with Gasteiger partial charge >= 0.3 is 12.0 Å². The zero-order valence-corrected chi connectivity index (χ0v) is 11.7. The minimum absolute atomic E-state index is 0.0103. The number of aliphatic carboxylic acids is 1. The Morgan fingerprint density at radius 2 is 2.24 bits per heavy atom. The molecule has 1 aromatic carbocycles. The molecule has 114 valence electrons. The Morgan fingerprint density at radius 1 is 1.43 bits per heavy atom. The maximum atomic E-state index is 13.0. The molecule has 0 bridgehead atoms. The Bertz CT molecular complexity index is 521. The molecule has 2 amide bonds. The molecule has 1 saturated heterocycles. The highest BCUT2D eigenvalue weighted by Gasteiger charge is 2.24. The van der Waals surface area contributed by atoms with Crippen LogP contribution < -0.4 is 5.32 Å². The van der Waals surface area contributed by atoms with E-state index in [1.54, 1.807) is 17.0 Å². The molecule has 1 aliphatic rings. The molecule has 0 aliphatic carbocycles. The van der Waals surface area contributed by atoms with Crippen molar-refractivity contribution < 1.29 is 19.1 Å². The van der Waals surface area contributed by atoms with Crippen molar-refractivity contribution in [3.8, 4) is 0 Å². The van der Waals surface area contributed by atoms with Crippen LogP contribution in [0.2, 0.25) is 0 Å². The van der Waals surface area contributed by atoms with Gasteiger partial charge in [0.15, 0.2) is 0 Å². The molecular weight excluding hydrogens is 275 g/mol. The highest BCUT2D eigenvalue weighted by atomic mass is 19.1. The lowest BCUT2D eigenvalue weighted by molar-refractivity contribution is -0.138. The maximum absolute atomic E-state index is 13.0. The second-order valence-corrected chi connectivity index (χ2v) is 5.34. The van der Waals surface area contributed by atoms with E-state index in [4.69, 9.17) is 5.11 Å². The van der Waals surface area contributed by atoms with Gasteiger partial charge in [-0.05, 0) is 36.5 Å². The molecule has 21 heavy (non-hydrogen) atoms. The zero-order chi connectivity index (χ0) is 15.2. The summed E-state index contributed by atoms with van der Waals surface area (Å²) >= 11 is 0. The van der Waals surface area contributed by atoms with E-state index in [1.165, 1.54) is 12.1 Å². The topological polar surface area (TPSA) is 69.6 Å². The molecule has 1 aromatic rings. The summed E-state index contributed by atoms with van der Waals surface area (Å²) in [4.78, 5) is 24.4. The molecule has 0 aromatic heterocycles. The Morgan fingerprint density at radius 3 is 2.95 bits per heavy atom. The number of carboxylic acid groups (broad SMARTS) is 1. The predicted octanol–water partition coefficient (Wildman–Crippen LogP) is 2.22. The molecule has 5 nitrogen and oxygen atoms in total. The van der Waals surface area contributed by atoms with Crippen molar-refractivity contribution in [1.82, 2.24) is 10.2 Å². The Kier molecular flexibility index (Phi) is 5.14. The van der Waals surface area contributed by atoms with E-state index in [9.17, 15) is 14.0 Å². The number of hydrogen-bond acceptors (Lipinski definition) is 2. The molecule has 1 atom stereocenters. The van der Waals surface area contributed by atoms with Gasteiger partial charge in [-0.3, -0.25) is 4.79 Å². The molecule has 0 radical (unpaired) electrons. The summed E-state index contributed by atoms with van der Waals surface area (Å²) in [6.45, 7) is 1.35. The first-order valence-electron chi connectivity index (χ1n) is 7.03. The quantitative estimate of drug-likeness (QED) is 0.894. The molecule has 1 unspecified atom stereocenters. The van der Waals surface area contributed by atoms with Crippen LogP contribution in [-0.4, -0.2) is 35.1 Å². The first kappa shape index (κ1) is 15.3. The maximum Gasteiger partial charge on any atom is 0.317 e. The number of piperidine rings is 1. The van der Waals surface area contributed by atoms with Crippen LogP contribution in [0.1, 0.15) is 24.8 Å². The zero-order valence-electron chi connectivity index (χ0n) is 11.7. The summed E-state index contributed by atoms with van der Waals surface area (Å²) in [6.07, 6.45) is 1.74. The van der Waals surface area contributed by atoms with Gasteiger partial charge in [-0.2, -0.15) is 0 Å². The van der Waals surface area contributed by atoms with Gasteiger partial charge in [0.05, 0.1) is 0 Å². The van der Waals surface area contributed by atoms with Crippen molar-refractivity contribution >= 4 is 12.0 Å². The van der Waals surface area contributed by atoms with Crippen molar-refractivity contribution in [1.29, 1.82) is 0 Å². The van der Waals surface area contributed by atoms with Crippen LogP contribution in [-0.2, 0) is 11.3 Å². The first-order chi connectivity index (χ1) is 10.0.